The lowest BCUT2D eigenvalue weighted by atomic mass is 10.1. The molecule has 1 unspecified atom stereocenters. The molecule has 0 aliphatic carbocycles. The highest BCUT2D eigenvalue weighted by molar-refractivity contribution is 7.11. The van der Waals surface area contributed by atoms with Crippen LogP contribution >= 0.6 is 11.3 Å². The summed E-state index contributed by atoms with van der Waals surface area (Å²) in [6, 6.07) is 4.27. The second-order valence-corrected chi connectivity index (χ2v) is 5.84. The van der Waals surface area contributed by atoms with Gasteiger partial charge in [-0.3, -0.25) is 4.79 Å². The zero-order valence-electron chi connectivity index (χ0n) is 11.5. The van der Waals surface area contributed by atoms with Gasteiger partial charge >= 0.3 is 0 Å². The lowest BCUT2D eigenvalue weighted by Gasteiger charge is -2.15. The van der Waals surface area contributed by atoms with E-state index in [4.69, 9.17) is 5.73 Å². The Morgan fingerprint density at radius 1 is 1.45 bits per heavy atom. The van der Waals surface area contributed by atoms with Crippen LogP contribution in [0.3, 0.4) is 0 Å². The van der Waals surface area contributed by atoms with Gasteiger partial charge in [-0.15, -0.1) is 11.3 Å². The monoisotopic (exact) mass is 293 g/mol. The fourth-order valence-electron chi connectivity index (χ4n) is 2.07. The Labute approximate surface area is 120 Å². The SMILES string of the molecule is Cc1nc(C)c(C(C)Nc2ccc(F)c(C(N)=O)c2)s1. The fraction of sp³-hybridized carbons (Fsp3) is 0.286. The molecule has 0 radical (unpaired) electrons. The minimum atomic E-state index is -0.774. The standard InChI is InChI=1S/C14H16FN3OS/c1-7-13(20-9(3)17-7)8(2)18-10-4-5-12(15)11(6-10)14(16)19/h4-6,8,18H,1-3H3,(H2,16,19). The van der Waals surface area contributed by atoms with Gasteiger partial charge in [0.05, 0.1) is 22.3 Å². The number of hydrogen-bond donors (Lipinski definition) is 2. The largest absolute Gasteiger partial charge is 0.378 e. The smallest absolute Gasteiger partial charge is 0.251 e. The van der Waals surface area contributed by atoms with E-state index in [1.54, 1.807) is 17.4 Å². The molecule has 1 aromatic carbocycles. The number of carbonyl (C=O) groups excluding carboxylic acids is 1. The van der Waals surface area contributed by atoms with Gasteiger partial charge in [-0.2, -0.15) is 0 Å². The molecule has 4 nitrogen and oxygen atoms in total. The van der Waals surface area contributed by atoms with Crippen molar-refractivity contribution in [1.29, 1.82) is 0 Å². The van der Waals surface area contributed by atoms with Gasteiger partial charge in [0, 0.05) is 10.6 Å². The molecule has 1 atom stereocenters. The van der Waals surface area contributed by atoms with Crippen LogP contribution < -0.4 is 11.1 Å². The molecule has 0 saturated carbocycles. The van der Waals surface area contributed by atoms with Crippen molar-refractivity contribution in [2.75, 3.05) is 5.32 Å². The first-order valence-electron chi connectivity index (χ1n) is 6.18. The molecule has 2 rings (SSSR count). The highest BCUT2D eigenvalue weighted by Crippen LogP contribution is 2.28. The Morgan fingerprint density at radius 3 is 2.70 bits per heavy atom. The number of aromatic nitrogens is 1. The molecule has 0 bridgehead atoms. The second kappa shape index (κ2) is 5.58. The van der Waals surface area contributed by atoms with Crippen LogP contribution in [0.5, 0.6) is 0 Å². The number of anilines is 1. The summed E-state index contributed by atoms with van der Waals surface area (Å²) in [5.74, 6) is -1.39. The predicted molar refractivity (Wildman–Crippen MR) is 78.5 cm³/mol. The lowest BCUT2D eigenvalue weighted by Crippen LogP contribution is -2.14. The van der Waals surface area contributed by atoms with Gasteiger partial charge < -0.3 is 11.1 Å². The van der Waals surface area contributed by atoms with Gasteiger partial charge in [0.25, 0.3) is 5.91 Å². The first kappa shape index (κ1) is 14.5. The van der Waals surface area contributed by atoms with Crippen molar-refractivity contribution in [2.24, 2.45) is 5.73 Å². The van der Waals surface area contributed by atoms with E-state index in [1.165, 1.54) is 12.1 Å². The highest BCUT2D eigenvalue weighted by atomic mass is 32.1. The van der Waals surface area contributed by atoms with Crippen LogP contribution in [0.25, 0.3) is 0 Å². The molecule has 106 valence electrons. The third-order valence-corrected chi connectivity index (χ3v) is 4.20. The summed E-state index contributed by atoms with van der Waals surface area (Å²) in [4.78, 5) is 16.6. The van der Waals surface area contributed by atoms with Crippen molar-refractivity contribution in [3.05, 3.63) is 45.2 Å². The van der Waals surface area contributed by atoms with Crippen LogP contribution in [0, 0.1) is 19.7 Å². The summed E-state index contributed by atoms with van der Waals surface area (Å²) in [6.07, 6.45) is 0. The van der Waals surface area contributed by atoms with Crippen LogP contribution in [0.4, 0.5) is 10.1 Å². The molecule has 3 N–H and O–H groups in total. The van der Waals surface area contributed by atoms with E-state index in [1.807, 2.05) is 20.8 Å². The van der Waals surface area contributed by atoms with E-state index in [-0.39, 0.29) is 11.6 Å². The molecule has 0 saturated heterocycles. The molecule has 0 fully saturated rings. The number of amides is 1. The van der Waals surface area contributed by atoms with Gasteiger partial charge in [0.2, 0.25) is 0 Å². The van der Waals surface area contributed by atoms with Crippen molar-refractivity contribution >= 4 is 22.9 Å². The van der Waals surface area contributed by atoms with Crippen LogP contribution in [0.2, 0.25) is 0 Å². The van der Waals surface area contributed by atoms with Gasteiger partial charge in [-0.25, -0.2) is 9.37 Å². The summed E-state index contributed by atoms with van der Waals surface area (Å²) < 4.78 is 13.4. The number of benzene rings is 1. The molecule has 0 aliphatic rings. The molecule has 1 heterocycles. The third-order valence-electron chi connectivity index (χ3n) is 2.95. The van der Waals surface area contributed by atoms with Crippen LogP contribution in [0.1, 0.15) is 38.9 Å². The number of thiazole rings is 1. The number of carbonyl (C=O) groups is 1. The third kappa shape index (κ3) is 2.96. The summed E-state index contributed by atoms with van der Waals surface area (Å²) in [6.45, 7) is 5.90. The number of aryl methyl sites for hydroxylation is 2. The summed E-state index contributed by atoms with van der Waals surface area (Å²) in [7, 11) is 0. The number of halogens is 1. The first-order chi connectivity index (χ1) is 9.38. The van der Waals surface area contributed by atoms with Crippen molar-refractivity contribution in [3.8, 4) is 0 Å². The number of rotatable bonds is 4. The summed E-state index contributed by atoms with van der Waals surface area (Å²) in [5, 5.41) is 4.23. The molecule has 1 aromatic heterocycles. The Hall–Kier alpha value is -1.95. The first-order valence-corrected chi connectivity index (χ1v) is 7.00. The average molecular weight is 293 g/mol. The molecule has 0 aliphatic heterocycles. The number of hydrogen-bond acceptors (Lipinski definition) is 4. The average Bonchev–Trinajstić information content (AvgIpc) is 2.70. The number of nitrogens with two attached hydrogens (primary N) is 1. The van der Waals surface area contributed by atoms with E-state index in [0.29, 0.717) is 5.69 Å². The van der Waals surface area contributed by atoms with Gasteiger partial charge in [-0.05, 0) is 39.0 Å². The second-order valence-electron chi connectivity index (χ2n) is 4.61. The molecular formula is C14H16FN3OS. The molecule has 6 heteroatoms. The van der Waals surface area contributed by atoms with E-state index < -0.39 is 11.7 Å². The fourth-order valence-corrected chi connectivity index (χ4v) is 3.00. The van der Waals surface area contributed by atoms with Crippen LogP contribution in [0.15, 0.2) is 18.2 Å². The van der Waals surface area contributed by atoms with Crippen LogP contribution in [-0.2, 0) is 0 Å². The maximum Gasteiger partial charge on any atom is 0.251 e. The Balaban J connectivity index is 2.24. The van der Waals surface area contributed by atoms with Crippen molar-refractivity contribution < 1.29 is 9.18 Å². The minimum Gasteiger partial charge on any atom is -0.378 e. The maximum atomic E-state index is 13.4. The Bertz CT molecular complexity index is 654. The van der Waals surface area contributed by atoms with Crippen molar-refractivity contribution in [3.63, 3.8) is 0 Å². The van der Waals surface area contributed by atoms with E-state index in [9.17, 15) is 9.18 Å². The molecule has 1 amide bonds. The summed E-state index contributed by atoms with van der Waals surface area (Å²) in [5.41, 5.74) is 6.65. The predicted octanol–water partition coefficient (Wildman–Crippen LogP) is 3.17. The molecule has 2 aromatic rings. The van der Waals surface area contributed by atoms with Gasteiger partial charge in [0.15, 0.2) is 0 Å². The molecular weight excluding hydrogens is 277 g/mol. The van der Waals surface area contributed by atoms with E-state index in [0.717, 1.165) is 15.6 Å². The molecule has 0 spiro atoms. The topological polar surface area (TPSA) is 68.0 Å². The zero-order chi connectivity index (χ0) is 14.9. The maximum absolute atomic E-state index is 13.4. The van der Waals surface area contributed by atoms with E-state index in [2.05, 4.69) is 10.3 Å². The number of primary amides is 1. The minimum absolute atomic E-state index is 0.0207. The zero-order valence-corrected chi connectivity index (χ0v) is 12.3. The van der Waals surface area contributed by atoms with E-state index >= 15 is 0 Å². The van der Waals surface area contributed by atoms with Crippen molar-refractivity contribution in [1.82, 2.24) is 4.98 Å². The van der Waals surface area contributed by atoms with Crippen LogP contribution in [-0.4, -0.2) is 10.9 Å². The summed E-state index contributed by atoms with van der Waals surface area (Å²) >= 11 is 1.62. The number of nitrogens with zero attached hydrogens (tertiary/aromatic N) is 1. The van der Waals surface area contributed by atoms with Gasteiger partial charge in [-0.1, -0.05) is 0 Å². The van der Waals surface area contributed by atoms with Crippen molar-refractivity contribution in [2.45, 2.75) is 26.8 Å². The molecule has 20 heavy (non-hydrogen) atoms. The lowest BCUT2D eigenvalue weighted by molar-refractivity contribution is 0.0996. The normalized spacial score (nSPS) is 12.2. The van der Waals surface area contributed by atoms with Gasteiger partial charge in [0.1, 0.15) is 5.82 Å². The Kier molecular flexibility index (Phi) is 4.04. The Morgan fingerprint density at radius 2 is 2.15 bits per heavy atom. The highest BCUT2D eigenvalue weighted by Gasteiger charge is 2.14. The quantitative estimate of drug-likeness (QED) is 0.909. The number of nitrogens with one attached hydrogen (secondary N) is 1.